The number of rotatable bonds is 4. The Bertz CT molecular complexity index is 300. The number of amides is 2. The number of aromatic nitrogens is 1. The topological polar surface area (TPSA) is 45.2 Å². The van der Waals surface area contributed by atoms with E-state index in [9.17, 15) is 4.79 Å². The summed E-state index contributed by atoms with van der Waals surface area (Å²) >= 11 is 0. The van der Waals surface area contributed by atoms with Gasteiger partial charge in [-0.1, -0.05) is 6.92 Å². The highest BCUT2D eigenvalue weighted by molar-refractivity contribution is 5.91. The molecule has 4 nitrogen and oxygen atoms in total. The molecule has 1 rings (SSSR count). The maximum atomic E-state index is 11.7. The molecule has 1 aromatic rings. The predicted molar refractivity (Wildman–Crippen MR) is 60.9 cm³/mol. The van der Waals surface area contributed by atoms with Crippen molar-refractivity contribution in [2.75, 3.05) is 18.0 Å². The molecule has 1 heterocycles. The summed E-state index contributed by atoms with van der Waals surface area (Å²) in [4.78, 5) is 17.3. The third-order valence-corrected chi connectivity index (χ3v) is 2.06. The average molecular weight is 207 g/mol. The van der Waals surface area contributed by atoms with E-state index in [4.69, 9.17) is 0 Å². The zero-order valence-corrected chi connectivity index (χ0v) is 9.23. The first-order valence-corrected chi connectivity index (χ1v) is 5.25. The molecule has 0 unspecified atom stereocenters. The van der Waals surface area contributed by atoms with Gasteiger partial charge in [0.05, 0.1) is 0 Å². The smallest absolute Gasteiger partial charge is 0.321 e. The zero-order chi connectivity index (χ0) is 11.1. The minimum Gasteiger partial charge on any atom is -0.338 e. The Hall–Kier alpha value is -1.58. The maximum Gasteiger partial charge on any atom is 0.321 e. The minimum absolute atomic E-state index is 0.0504. The van der Waals surface area contributed by atoms with Crippen LogP contribution >= 0.6 is 0 Å². The second kappa shape index (κ2) is 6.01. The third kappa shape index (κ3) is 3.23. The molecule has 1 aromatic heterocycles. The van der Waals surface area contributed by atoms with E-state index >= 15 is 0 Å². The first-order valence-electron chi connectivity index (χ1n) is 5.25. The molecule has 0 atom stereocenters. The number of carbonyl (C=O) groups is 1. The van der Waals surface area contributed by atoms with Gasteiger partial charge in [0.1, 0.15) is 0 Å². The van der Waals surface area contributed by atoms with Crippen molar-refractivity contribution in [3.05, 3.63) is 24.5 Å². The summed E-state index contributed by atoms with van der Waals surface area (Å²) in [5.41, 5.74) is 0.876. The molecule has 82 valence electrons. The highest BCUT2D eigenvalue weighted by Crippen LogP contribution is 2.11. The van der Waals surface area contributed by atoms with E-state index in [2.05, 4.69) is 10.3 Å². The van der Waals surface area contributed by atoms with Crippen LogP contribution in [0.5, 0.6) is 0 Å². The molecule has 0 saturated carbocycles. The minimum atomic E-state index is -0.0504. The predicted octanol–water partition coefficient (Wildman–Crippen LogP) is 2.03. The van der Waals surface area contributed by atoms with Crippen molar-refractivity contribution in [3.63, 3.8) is 0 Å². The normalized spacial score (nSPS) is 9.73. The van der Waals surface area contributed by atoms with Gasteiger partial charge >= 0.3 is 6.03 Å². The van der Waals surface area contributed by atoms with Gasteiger partial charge in [-0.05, 0) is 25.5 Å². The monoisotopic (exact) mass is 207 g/mol. The summed E-state index contributed by atoms with van der Waals surface area (Å²) < 4.78 is 0. The molecule has 0 spiro atoms. The number of hydrogen-bond donors (Lipinski definition) is 1. The maximum absolute atomic E-state index is 11.7. The van der Waals surface area contributed by atoms with Crippen molar-refractivity contribution < 1.29 is 4.79 Å². The summed E-state index contributed by atoms with van der Waals surface area (Å²) in [6, 6.07) is 3.61. The largest absolute Gasteiger partial charge is 0.338 e. The fourth-order valence-corrected chi connectivity index (χ4v) is 1.29. The molecule has 4 heteroatoms. The standard InChI is InChI=1S/C11H17N3O/c1-3-7-13-11(15)14(4-2)10-5-8-12-9-6-10/h5-6,8-9H,3-4,7H2,1-2H3,(H,13,15). The number of carbonyl (C=O) groups excluding carboxylic acids is 1. The lowest BCUT2D eigenvalue weighted by molar-refractivity contribution is 0.246. The molecular weight excluding hydrogens is 190 g/mol. The highest BCUT2D eigenvalue weighted by Gasteiger charge is 2.11. The second-order valence-corrected chi connectivity index (χ2v) is 3.18. The van der Waals surface area contributed by atoms with Crippen molar-refractivity contribution in [1.82, 2.24) is 10.3 Å². The van der Waals surface area contributed by atoms with Crippen LogP contribution in [0.15, 0.2) is 24.5 Å². The van der Waals surface area contributed by atoms with Crippen molar-refractivity contribution in [3.8, 4) is 0 Å². The molecule has 1 N–H and O–H groups in total. The molecule has 0 aliphatic heterocycles. The Morgan fingerprint density at radius 1 is 1.40 bits per heavy atom. The number of hydrogen-bond acceptors (Lipinski definition) is 2. The van der Waals surface area contributed by atoms with Crippen LogP contribution in [0.4, 0.5) is 10.5 Å². The fraction of sp³-hybridized carbons (Fsp3) is 0.455. The van der Waals surface area contributed by atoms with Crippen LogP contribution in [0.3, 0.4) is 0 Å². The van der Waals surface area contributed by atoms with Crippen LogP contribution in [0, 0.1) is 0 Å². The molecule has 2 amide bonds. The lowest BCUT2D eigenvalue weighted by Gasteiger charge is -2.20. The van der Waals surface area contributed by atoms with Crippen LogP contribution in [0.25, 0.3) is 0 Å². The number of anilines is 1. The Balaban J connectivity index is 2.67. The van der Waals surface area contributed by atoms with Crippen LogP contribution in [0.2, 0.25) is 0 Å². The molecule has 0 fully saturated rings. The van der Waals surface area contributed by atoms with Gasteiger partial charge in [-0.25, -0.2) is 4.79 Å². The number of urea groups is 1. The lowest BCUT2D eigenvalue weighted by atomic mass is 10.3. The van der Waals surface area contributed by atoms with E-state index in [1.165, 1.54) is 0 Å². The third-order valence-electron chi connectivity index (χ3n) is 2.06. The Kier molecular flexibility index (Phi) is 4.60. The SMILES string of the molecule is CCCNC(=O)N(CC)c1ccncc1. The van der Waals surface area contributed by atoms with E-state index in [0.717, 1.165) is 12.1 Å². The van der Waals surface area contributed by atoms with Crippen molar-refractivity contribution in [2.24, 2.45) is 0 Å². The van der Waals surface area contributed by atoms with E-state index in [0.29, 0.717) is 13.1 Å². The van der Waals surface area contributed by atoms with E-state index in [1.807, 2.05) is 26.0 Å². The highest BCUT2D eigenvalue weighted by atomic mass is 16.2. The van der Waals surface area contributed by atoms with E-state index in [1.54, 1.807) is 17.3 Å². The van der Waals surface area contributed by atoms with Crippen LogP contribution in [-0.2, 0) is 0 Å². The van der Waals surface area contributed by atoms with Gasteiger partial charge in [0, 0.05) is 31.2 Å². The molecule has 0 bridgehead atoms. The molecule has 0 aliphatic carbocycles. The van der Waals surface area contributed by atoms with Crippen molar-refractivity contribution in [1.29, 1.82) is 0 Å². The molecular formula is C11H17N3O. The van der Waals surface area contributed by atoms with Gasteiger partial charge in [-0.2, -0.15) is 0 Å². The summed E-state index contributed by atoms with van der Waals surface area (Å²) in [6.07, 6.45) is 4.32. The van der Waals surface area contributed by atoms with Gasteiger partial charge in [0.2, 0.25) is 0 Å². The first kappa shape index (κ1) is 11.5. The van der Waals surface area contributed by atoms with Gasteiger partial charge in [-0.15, -0.1) is 0 Å². The summed E-state index contributed by atoms with van der Waals surface area (Å²) in [6.45, 7) is 5.34. The molecule has 0 aliphatic rings. The summed E-state index contributed by atoms with van der Waals surface area (Å²) in [7, 11) is 0. The zero-order valence-electron chi connectivity index (χ0n) is 9.23. The Morgan fingerprint density at radius 2 is 2.07 bits per heavy atom. The fourth-order valence-electron chi connectivity index (χ4n) is 1.29. The van der Waals surface area contributed by atoms with Crippen LogP contribution < -0.4 is 10.2 Å². The Morgan fingerprint density at radius 3 is 2.60 bits per heavy atom. The van der Waals surface area contributed by atoms with Gasteiger partial charge < -0.3 is 5.32 Å². The number of pyridine rings is 1. The van der Waals surface area contributed by atoms with E-state index in [-0.39, 0.29) is 6.03 Å². The van der Waals surface area contributed by atoms with Gasteiger partial charge in [0.15, 0.2) is 0 Å². The average Bonchev–Trinajstić information content (AvgIpc) is 2.29. The molecule has 0 radical (unpaired) electrons. The number of nitrogens with zero attached hydrogens (tertiary/aromatic N) is 2. The van der Waals surface area contributed by atoms with Gasteiger partial charge in [-0.3, -0.25) is 9.88 Å². The van der Waals surface area contributed by atoms with Crippen molar-refractivity contribution in [2.45, 2.75) is 20.3 Å². The van der Waals surface area contributed by atoms with Crippen LogP contribution in [0.1, 0.15) is 20.3 Å². The first-order chi connectivity index (χ1) is 7.29. The quantitative estimate of drug-likeness (QED) is 0.821. The van der Waals surface area contributed by atoms with E-state index < -0.39 is 0 Å². The summed E-state index contributed by atoms with van der Waals surface area (Å²) in [5, 5.41) is 2.85. The van der Waals surface area contributed by atoms with Gasteiger partial charge in [0.25, 0.3) is 0 Å². The van der Waals surface area contributed by atoms with Crippen molar-refractivity contribution >= 4 is 11.7 Å². The number of nitrogens with one attached hydrogen (secondary N) is 1. The Labute approximate surface area is 90.3 Å². The molecule has 15 heavy (non-hydrogen) atoms. The summed E-state index contributed by atoms with van der Waals surface area (Å²) in [5.74, 6) is 0. The lowest BCUT2D eigenvalue weighted by Crippen LogP contribution is -2.40. The molecule has 0 aromatic carbocycles. The molecule has 0 saturated heterocycles. The van der Waals surface area contributed by atoms with Crippen LogP contribution in [-0.4, -0.2) is 24.1 Å². The second-order valence-electron chi connectivity index (χ2n) is 3.18.